The highest BCUT2D eigenvalue weighted by atomic mass is 16.5. The van der Waals surface area contributed by atoms with Crippen LogP contribution in [0.4, 0.5) is 5.69 Å². The first-order chi connectivity index (χ1) is 15.0. The van der Waals surface area contributed by atoms with Gasteiger partial charge in [0.05, 0.1) is 13.0 Å². The third kappa shape index (κ3) is 6.43. The first-order valence-electron chi connectivity index (χ1n) is 11.2. The number of carbonyl (C=O) groups is 3. The van der Waals surface area contributed by atoms with Crippen LogP contribution in [0.5, 0.6) is 5.75 Å². The maximum absolute atomic E-state index is 13.0. The smallest absolute Gasteiger partial charge is 0.307 e. The predicted molar refractivity (Wildman–Crippen MR) is 117 cm³/mol. The summed E-state index contributed by atoms with van der Waals surface area (Å²) in [6.45, 7) is 7.06. The molecule has 1 atom stereocenters. The molecule has 8 heteroatoms. The van der Waals surface area contributed by atoms with E-state index in [2.05, 4.69) is 17.1 Å². The van der Waals surface area contributed by atoms with Crippen LogP contribution in [-0.4, -0.2) is 73.0 Å². The number of hydrogen-bond acceptors (Lipinski definition) is 6. The molecule has 1 N–H and O–H groups in total. The van der Waals surface area contributed by atoms with Gasteiger partial charge in [0.15, 0.2) is 6.61 Å². The first-order valence-corrected chi connectivity index (χ1v) is 11.2. The Morgan fingerprint density at radius 1 is 1.26 bits per heavy atom. The van der Waals surface area contributed by atoms with E-state index in [0.717, 1.165) is 37.2 Å². The van der Waals surface area contributed by atoms with Crippen LogP contribution in [0.1, 0.15) is 45.1 Å². The number of fused-ring (bicyclic) bond motifs is 1. The van der Waals surface area contributed by atoms with Crippen molar-refractivity contribution in [2.24, 2.45) is 0 Å². The SMILES string of the molecule is CCOC(=O)CCN(C[C@@H]1CCCN1CC)C(=O)COc1ccc2c(c1)CCC(=O)N2. The fraction of sp³-hybridized carbons (Fsp3) is 0.609. The lowest BCUT2D eigenvalue weighted by Crippen LogP contribution is -2.45. The van der Waals surface area contributed by atoms with Crippen molar-refractivity contribution >= 4 is 23.5 Å². The van der Waals surface area contributed by atoms with Gasteiger partial charge in [0.2, 0.25) is 5.91 Å². The maximum Gasteiger partial charge on any atom is 0.307 e. The molecule has 0 saturated carbocycles. The third-order valence-electron chi connectivity index (χ3n) is 5.91. The molecular weight excluding hydrogens is 398 g/mol. The number of rotatable bonds is 10. The lowest BCUT2D eigenvalue weighted by Gasteiger charge is -2.30. The molecule has 31 heavy (non-hydrogen) atoms. The van der Waals surface area contributed by atoms with Gasteiger partial charge in [-0.05, 0) is 63.0 Å². The van der Waals surface area contributed by atoms with Gasteiger partial charge in [-0.2, -0.15) is 0 Å². The summed E-state index contributed by atoms with van der Waals surface area (Å²) in [5.41, 5.74) is 1.81. The number of ether oxygens (including phenoxy) is 2. The largest absolute Gasteiger partial charge is 0.484 e. The van der Waals surface area contributed by atoms with Crippen molar-refractivity contribution in [3.63, 3.8) is 0 Å². The Kier molecular flexibility index (Phi) is 8.28. The molecule has 2 heterocycles. The van der Waals surface area contributed by atoms with Crippen LogP contribution in [0.3, 0.4) is 0 Å². The normalized spacial score (nSPS) is 18.3. The summed E-state index contributed by atoms with van der Waals surface area (Å²) >= 11 is 0. The lowest BCUT2D eigenvalue weighted by atomic mass is 10.0. The molecule has 170 valence electrons. The molecule has 8 nitrogen and oxygen atoms in total. The van der Waals surface area contributed by atoms with Crippen LogP contribution in [0, 0.1) is 0 Å². The number of amides is 2. The third-order valence-corrected chi connectivity index (χ3v) is 5.91. The van der Waals surface area contributed by atoms with E-state index in [4.69, 9.17) is 9.47 Å². The fourth-order valence-corrected chi connectivity index (χ4v) is 4.24. The summed E-state index contributed by atoms with van der Waals surface area (Å²) in [4.78, 5) is 40.4. The number of carbonyl (C=O) groups excluding carboxylic acids is 3. The van der Waals surface area contributed by atoms with Crippen molar-refractivity contribution < 1.29 is 23.9 Å². The van der Waals surface area contributed by atoms with E-state index in [-0.39, 0.29) is 30.8 Å². The first kappa shape index (κ1) is 23.1. The number of benzene rings is 1. The molecule has 0 unspecified atom stereocenters. The average molecular weight is 432 g/mol. The zero-order valence-electron chi connectivity index (χ0n) is 18.5. The van der Waals surface area contributed by atoms with E-state index in [9.17, 15) is 14.4 Å². The number of likely N-dealkylation sites (N-methyl/N-ethyl adjacent to an activating group) is 1. The van der Waals surface area contributed by atoms with Crippen LogP contribution in [0.25, 0.3) is 0 Å². The standard InChI is InChI=1S/C23H33N3O5/c1-3-25-12-5-6-18(25)15-26(13-11-23(29)30-4-2)22(28)16-31-19-8-9-20-17(14-19)7-10-21(27)24-20/h8-9,14,18H,3-7,10-13,15-16H2,1-2H3,(H,24,27)/t18-/m0/s1. The summed E-state index contributed by atoms with van der Waals surface area (Å²) in [5, 5.41) is 2.84. The monoisotopic (exact) mass is 431 g/mol. The van der Waals surface area contributed by atoms with Gasteiger partial charge in [-0.25, -0.2) is 0 Å². The molecule has 0 bridgehead atoms. The summed E-state index contributed by atoms with van der Waals surface area (Å²) in [6, 6.07) is 5.75. The second-order valence-electron chi connectivity index (χ2n) is 7.98. The Morgan fingerprint density at radius 3 is 2.87 bits per heavy atom. The van der Waals surface area contributed by atoms with Gasteiger partial charge in [-0.15, -0.1) is 0 Å². The molecule has 0 radical (unpaired) electrons. The maximum atomic E-state index is 13.0. The van der Waals surface area contributed by atoms with Crippen LogP contribution in [0.15, 0.2) is 18.2 Å². The molecule has 2 aliphatic rings. The average Bonchev–Trinajstić information content (AvgIpc) is 3.22. The fourth-order valence-electron chi connectivity index (χ4n) is 4.24. The van der Waals surface area contributed by atoms with Crippen molar-refractivity contribution in [1.29, 1.82) is 0 Å². The minimum absolute atomic E-state index is 0.0154. The Labute approximate surface area is 183 Å². The number of likely N-dealkylation sites (tertiary alicyclic amines) is 1. The summed E-state index contributed by atoms with van der Waals surface area (Å²) in [5.74, 6) is 0.182. The second kappa shape index (κ2) is 11.1. The van der Waals surface area contributed by atoms with Crippen LogP contribution in [0.2, 0.25) is 0 Å². The van der Waals surface area contributed by atoms with Crippen molar-refractivity contribution in [3.05, 3.63) is 23.8 Å². The summed E-state index contributed by atoms with van der Waals surface area (Å²) in [6.07, 6.45) is 3.46. The van der Waals surface area contributed by atoms with Crippen LogP contribution < -0.4 is 10.1 Å². The van der Waals surface area contributed by atoms with E-state index >= 15 is 0 Å². The lowest BCUT2D eigenvalue weighted by molar-refractivity contribution is -0.144. The zero-order valence-corrected chi connectivity index (χ0v) is 18.5. The van der Waals surface area contributed by atoms with Gasteiger partial charge in [-0.1, -0.05) is 6.92 Å². The quantitative estimate of drug-likeness (QED) is 0.572. The highest BCUT2D eigenvalue weighted by Gasteiger charge is 2.27. The van der Waals surface area contributed by atoms with Gasteiger partial charge in [-0.3, -0.25) is 19.3 Å². The Morgan fingerprint density at radius 2 is 2.10 bits per heavy atom. The number of nitrogens with one attached hydrogen (secondary N) is 1. The molecule has 1 aromatic rings. The zero-order chi connectivity index (χ0) is 22.2. The van der Waals surface area contributed by atoms with Crippen molar-refractivity contribution in [1.82, 2.24) is 9.80 Å². The summed E-state index contributed by atoms with van der Waals surface area (Å²) in [7, 11) is 0. The molecule has 0 aromatic heterocycles. The summed E-state index contributed by atoms with van der Waals surface area (Å²) < 4.78 is 10.8. The molecule has 2 aliphatic heterocycles. The van der Waals surface area contributed by atoms with E-state index in [1.165, 1.54) is 0 Å². The van der Waals surface area contributed by atoms with Crippen molar-refractivity contribution in [3.8, 4) is 5.75 Å². The highest BCUT2D eigenvalue weighted by molar-refractivity contribution is 5.94. The number of hydrogen-bond donors (Lipinski definition) is 1. The highest BCUT2D eigenvalue weighted by Crippen LogP contribution is 2.27. The topological polar surface area (TPSA) is 88.2 Å². The van der Waals surface area contributed by atoms with Crippen LogP contribution >= 0.6 is 0 Å². The van der Waals surface area contributed by atoms with Gasteiger partial charge in [0.25, 0.3) is 5.91 Å². The van der Waals surface area contributed by atoms with E-state index in [0.29, 0.717) is 44.3 Å². The molecule has 1 fully saturated rings. The molecular formula is C23H33N3O5. The van der Waals surface area contributed by atoms with Crippen molar-refractivity contribution in [2.75, 3.05) is 44.7 Å². The number of nitrogens with zero attached hydrogens (tertiary/aromatic N) is 2. The van der Waals surface area contributed by atoms with E-state index in [1.807, 2.05) is 12.1 Å². The number of anilines is 1. The van der Waals surface area contributed by atoms with E-state index < -0.39 is 0 Å². The molecule has 1 saturated heterocycles. The second-order valence-corrected chi connectivity index (χ2v) is 7.98. The number of aryl methyl sites for hydroxylation is 1. The molecule has 3 rings (SSSR count). The van der Waals surface area contributed by atoms with Crippen LogP contribution in [-0.2, 0) is 25.5 Å². The predicted octanol–water partition coefficient (Wildman–Crippen LogP) is 2.22. The van der Waals surface area contributed by atoms with Gasteiger partial charge in [0, 0.05) is 31.2 Å². The Bertz CT molecular complexity index is 797. The molecule has 0 spiro atoms. The molecule has 2 amide bonds. The molecule has 0 aliphatic carbocycles. The van der Waals surface area contributed by atoms with Gasteiger partial charge < -0.3 is 19.7 Å². The number of esters is 1. The van der Waals surface area contributed by atoms with Crippen molar-refractivity contribution in [2.45, 2.75) is 52.0 Å². The minimum Gasteiger partial charge on any atom is -0.484 e. The minimum atomic E-state index is -0.295. The molecule has 1 aromatic carbocycles. The van der Waals surface area contributed by atoms with E-state index in [1.54, 1.807) is 17.9 Å². The van der Waals surface area contributed by atoms with Gasteiger partial charge >= 0.3 is 5.97 Å². The Hall–Kier alpha value is -2.61. The Balaban J connectivity index is 1.60. The van der Waals surface area contributed by atoms with Gasteiger partial charge in [0.1, 0.15) is 5.75 Å².